The monoisotopic (exact) mass is 946 g/mol. The Morgan fingerprint density at radius 3 is 1.37 bits per heavy atom. The highest BCUT2D eigenvalue weighted by molar-refractivity contribution is 5.76. The molecule has 67 heavy (non-hydrogen) atoms. The van der Waals surface area contributed by atoms with E-state index >= 15 is 0 Å². The van der Waals surface area contributed by atoms with Gasteiger partial charge < -0.3 is 40.3 Å². The number of amides is 1. The third kappa shape index (κ3) is 37.6. The summed E-state index contributed by atoms with van der Waals surface area (Å²) in [4.78, 5) is 13.0. The molecule has 1 heterocycles. The van der Waals surface area contributed by atoms with E-state index in [2.05, 4.69) is 55.6 Å². The van der Waals surface area contributed by atoms with Crippen molar-refractivity contribution in [3.63, 3.8) is 0 Å². The summed E-state index contributed by atoms with van der Waals surface area (Å²) in [7, 11) is 0. The van der Waals surface area contributed by atoms with Crippen molar-refractivity contribution in [2.45, 2.75) is 301 Å². The van der Waals surface area contributed by atoms with E-state index < -0.39 is 49.5 Å². The molecule has 7 atom stereocenters. The number of ether oxygens (including phenoxy) is 2. The van der Waals surface area contributed by atoms with Gasteiger partial charge in [-0.1, -0.05) is 236 Å². The van der Waals surface area contributed by atoms with Crippen molar-refractivity contribution in [2.24, 2.45) is 0 Å². The Morgan fingerprint density at radius 2 is 0.896 bits per heavy atom. The van der Waals surface area contributed by atoms with Crippen LogP contribution in [0.3, 0.4) is 0 Å². The van der Waals surface area contributed by atoms with Crippen LogP contribution in [0.1, 0.15) is 258 Å². The standard InChI is InChI=1S/C58H107NO8/c1-3-5-7-9-11-13-15-17-19-21-23-24-25-26-27-28-30-31-33-35-37-39-41-43-45-47-52(61)51(50-66-58-57(65)56(64)55(63)53(49-60)67-58)59-54(62)48-46-44-42-40-38-36-34-32-29-22-20-18-16-14-12-10-8-6-4-2/h12,14,18,20,37,39,45,47,51-53,55-58,60-61,63-65H,3-11,13,15-17,19,21-36,38,40-44,46,48-50H2,1-2H3,(H,59,62)/b14-12-,20-18-,39-37+,47-45+. The Hall–Kier alpha value is -1.85. The molecular formula is C58H107NO8. The van der Waals surface area contributed by atoms with Gasteiger partial charge in [0.05, 0.1) is 25.4 Å². The van der Waals surface area contributed by atoms with Crippen molar-refractivity contribution in [3.05, 3.63) is 48.6 Å². The van der Waals surface area contributed by atoms with Crippen molar-refractivity contribution in [1.82, 2.24) is 5.32 Å². The van der Waals surface area contributed by atoms with Crippen LogP contribution in [-0.2, 0) is 14.3 Å². The lowest BCUT2D eigenvalue weighted by atomic mass is 9.99. The lowest BCUT2D eigenvalue weighted by Gasteiger charge is -2.40. The third-order valence-corrected chi connectivity index (χ3v) is 13.4. The third-order valence-electron chi connectivity index (χ3n) is 13.4. The molecule has 0 aromatic heterocycles. The molecule has 9 heteroatoms. The molecule has 7 unspecified atom stereocenters. The van der Waals surface area contributed by atoms with E-state index in [-0.39, 0.29) is 12.5 Å². The largest absolute Gasteiger partial charge is 0.394 e. The van der Waals surface area contributed by atoms with E-state index in [0.29, 0.717) is 6.42 Å². The summed E-state index contributed by atoms with van der Waals surface area (Å²) in [6.07, 6.45) is 56.0. The smallest absolute Gasteiger partial charge is 0.220 e. The number of carbonyl (C=O) groups is 1. The molecule has 0 aromatic carbocycles. The first-order chi connectivity index (χ1) is 32.8. The Balaban J connectivity index is 2.26. The first kappa shape index (κ1) is 63.2. The maximum Gasteiger partial charge on any atom is 0.220 e. The Kier molecular flexibility index (Phi) is 45.1. The average Bonchev–Trinajstić information content (AvgIpc) is 3.33. The maximum absolute atomic E-state index is 13.0. The molecule has 9 nitrogen and oxygen atoms in total. The van der Waals surface area contributed by atoms with Gasteiger partial charge in [-0.3, -0.25) is 4.79 Å². The number of nitrogens with one attached hydrogen (secondary N) is 1. The molecule has 0 bridgehead atoms. The minimum absolute atomic E-state index is 0.190. The van der Waals surface area contributed by atoms with E-state index in [1.165, 1.54) is 186 Å². The molecule has 1 rings (SSSR count). The van der Waals surface area contributed by atoms with E-state index in [1.54, 1.807) is 6.08 Å². The second-order valence-electron chi connectivity index (χ2n) is 19.7. The summed E-state index contributed by atoms with van der Waals surface area (Å²) in [6.45, 7) is 3.76. The van der Waals surface area contributed by atoms with E-state index in [1.807, 2.05) is 6.08 Å². The van der Waals surface area contributed by atoms with Crippen molar-refractivity contribution >= 4 is 5.91 Å². The van der Waals surface area contributed by atoms with Gasteiger partial charge in [0.15, 0.2) is 6.29 Å². The predicted molar refractivity (Wildman–Crippen MR) is 281 cm³/mol. The van der Waals surface area contributed by atoms with Crippen LogP contribution < -0.4 is 5.32 Å². The number of carbonyl (C=O) groups excluding carboxylic acids is 1. The number of allylic oxidation sites excluding steroid dienone is 7. The van der Waals surface area contributed by atoms with Gasteiger partial charge in [-0.15, -0.1) is 0 Å². The molecule has 1 amide bonds. The number of rotatable bonds is 48. The van der Waals surface area contributed by atoms with Crippen LogP contribution in [0.4, 0.5) is 0 Å². The second kappa shape index (κ2) is 47.8. The molecule has 0 aromatic rings. The van der Waals surface area contributed by atoms with E-state index in [9.17, 15) is 30.3 Å². The van der Waals surface area contributed by atoms with Gasteiger partial charge >= 0.3 is 0 Å². The zero-order valence-corrected chi connectivity index (χ0v) is 43.4. The number of aliphatic hydroxyl groups is 5. The molecule has 0 aliphatic carbocycles. The fourth-order valence-corrected chi connectivity index (χ4v) is 8.85. The topological polar surface area (TPSA) is 149 Å². The van der Waals surface area contributed by atoms with Crippen LogP contribution in [0.15, 0.2) is 48.6 Å². The fourth-order valence-electron chi connectivity index (χ4n) is 8.85. The van der Waals surface area contributed by atoms with Crippen molar-refractivity contribution in [3.8, 4) is 0 Å². The molecule has 392 valence electrons. The number of hydrogen-bond acceptors (Lipinski definition) is 8. The summed E-state index contributed by atoms with van der Waals surface area (Å²) in [5.74, 6) is -0.190. The van der Waals surface area contributed by atoms with Gasteiger partial charge in [0.1, 0.15) is 24.4 Å². The second-order valence-corrected chi connectivity index (χ2v) is 19.7. The first-order valence-electron chi connectivity index (χ1n) is 28.4. The van der Waals surface area contributed by atoms with Gasteiger partial charge in [0, 0.05) is 6.42 Å². The lowest BCUT2D eigenvalue weighted by molar-refractivity contribution is -0.302. The van der Waals surface area contributed by atoms with Crippen LogP contribution in [0.2, 0.25) is 0 Å². The van der Waals surface area contributed by atoms with Crippen LogP contribution in [0, 0.1) is 0 Å². The van der Waals surface area contributed by atoms with Gasteiger partial charge in [-0.25, -0.2) is 0 Å². The van der Waals surface area contributed by atoms with Crippen molar-refractivity contribution < 1.29 is 39.8 Å². The van der Waals surface area contributed by atoms with Crippen molar-refractivity contribution in [2.75, 3.05) is 13.2 Å². The van der Waals surface area contributed by atoms with Crippen LogP contribution in [0.5, 0.6) is 0 Å². The fraction of sp³-hybridized carbons (Fsp3) is 0.845. The average molecular weight is 946 g/mol. The highest BCUT2D eigenvalue weighted by Gasteiger charge is 2.44. The minimum Gasteiger partial charge on any atom is -0.394 e. The summed E-state index contributed by atoms with van der Waals surface area (Å²) >= 11 is 0. The van der Waals surface area contributed by atoms with E-state index in [4.69, 9.17) is 9.47 Å². The van der Waals surface area contributed by atoms with E-state index in [0.717, 1.165) is 51.4 Å². The Labute approximate surface area is 412 Å². The Morgan fingerprint density at radius 1 is 0.507 bits per heavy atom. The molecule has 0 radical (unpaired) electrons. The van der Waals surface area contributed by atoms with Crippen LogP contribution in [0.25, 0.3) is 0 Å². The van der Waals surface area contributed by atoms with Gasteiger partial charge in [-0.2, -0.15) is 0 Å². The molecule has 1 saturated heterocycles. The Bertz CT molecular complexity index is 1190. The number of unbranched alkanes of at least 4 members (excludes halogenated alkanes) is 32. The molecule has 1 aliphatic heterocycles. The highest BCUT2D eigenvalue weighted by atomic mass is 16.7. The van der Waals surface area contributed by atoms with Crippen LogP contribution >= 0.6 is 0 Å². The SMILES string of the molecule is CCCCC/C=C\C/C=C\CCCCCCCCCCCC(=O)NC(COC1OC(CO)C(O)C(O)C1O)C(O)/C=C/CC/C=C/CCCCCCCCCCCCCCCCCCCCC. The zero-order valence-electron chi connectivity index (χ0n) is 43.4. The summed E-state index contributed by atoms with van der Waals surface area (Å²) in [5.41, 5.74) is 0. The lowest BCUT2D eigenvalue weighted by Crippen LogP contribution is -2.60. The number of aliphatic hydroxyl groups excluding tert-OH is 5. The van der Waals surface area contributed by atoms with Gasteiger partial charge in [0.2, 0.25) is 5.91 Å². The van der Waals surface area contributed by atoms with Crippen LogP contribution in [-0.4, -0.2) is 87.5 Å². The normalized spacial score (nSPS) is 20.0. The summed E-state index contributed by atoms with van der Waals surface area (Å²) < 4.78 is 11.3. The molecular weight excluding hydrogens is 839 g/mol. The quantitative estimate of drug-likeness (QED) is 0.0261. The van der Waals surface area contributed by atoms with Crippen molar-refractivity contribution in [1.29, 1.82) is 0 Å². The molecule has 1 aliphatic rings. The van der Waals surface area contributed by atoms with Gasteiger partial charge in [-0.05, 0) is 64.2 Å². The predicted octanol–water partition coefficient (Wildman–Crippen LogP) is 13.7. The van der Waals surface area contributed by atoms with Gasteiger partial charge in [0.25, 0.3) is 0 Å². The maximum atomic E-state index is 13.0. The molecule has 0 saturated carbocycles. The molecule has 6 N–H and O–H groups in total. The summed E-state index contributed by atoms with van der Waals surface area (Å²) in [6, 6.07) is -0.825. The number of hydrogen-bond donors (Lipinski definition) is 6. The molecule has 0 spiro atoms. The first-order valence-corrected chi connectivity index (χ1v) is 28.4. The summed E-state index contributed by atoms with van der Waals surface area (Å²) in [5, 5.41) is 54.5. The minimum atomic E-state index is -1.57. The molecule has 1 fully saturated rings. The zero-order chi connectivity index (χ0) is 48.7. The highest BCUT2D eigenvalue weighted by Crippen LogP contribution is 2.23.